The fourth-order valence-corrected chi connectivity index (χ4v) is 3.02. The first-order chi connectivity index (χ1) is 9.89. The Balaban J connectivity index is 1.84. The summed E-state index contributed by atoms with van der Waals surface area (Å²) in [6, 6.07) is 10.1. The fourth-order valence-electron chi connectivity index (χ4n) is 2.24. The van der Waals surface area contributed by atoms with Crippen LogP contribution in [0.4, 0.5) is 11.4 Å². The van der Waals surface area contributed by atoms with Gasteiger partial charge in [-0.1, -0.05) is 18.2 Å². The SMILES string of the molecule is CC1(C)OB(c2cscc2Nc2ccccc2)OC1(C)C. The molecule has 0 spiro atoms. The zero-order valence-electron chi connectivity index (χ0n) is 12.8. The zero-order chi connectivity index (χ0) is 15.1. The molecule has 1 saturated heterocycles. The number of benzene rings is 1. The largest absolute Gasteiger partial charge is 0.497 e. The van der Waals surface area contributed by atoms with Gasteiger partial charge >= 0.3 is 7.12 Å². The minimum atomic E-state index is -0.326. The van der Waals surface area contributed by atoms with Gasteiger partial charge in [0, 0.05) is 22.2 Å². The molecule has 0 atom stereocenters. The van der Waals surface area contributed by atoms with E-state index >= 15 is 0 Å². The van der Waals surface area contributed by atoms with Crippen LogP contribution in [0.3, 0.4) is 0 Å². The van der Waals surface area contributed by atoms with Crippen LogP contribution in [-0.4, -0.2) is 18.3 Å². The average molecular weight is 301 g/mol. The van der Waals surface area contributed by atoms with Crippen molar-refractivity contribution in [2.75, 3.05) is 5.32 Å². The van der Waals surface area contributed by atoms with Gasteiger partial charge in [0.2, 0.25) is 0 Å². The van der Waals surface area contributed by atoms with Crippen LogP contribution in [-0.2, 0) is 9.31 Å². The minimum absolute atomic E-state index is 0.316. The van der Waals surface area contributed by atoms with E-state index in [0.717, 1.165) is 16.8 Å². The Morgan fingerprint density at radius 2 is 1.57 bits per heavy atom. The fraction of sp³-hybridized carbons (Fsp3) is 0.375. The highest BCUT2D eigenvalue weighted by Gasteiger charge is 2.52. The second-order valence-electron chi connectivity index (χ2n) is 6.32. The summed E-state index contributed by atoms with van der Waals surface area (Å²) in [6.07, 6.45) is 0. The molecule has 0 radical (unpaired) electrons. The lowest BCUT2D eigenvalue weighted by molar-refractivity contribution is 0.00578. The highest BCUT2D eigenvalue weighted by atomic mass is 32.1. The van der Waals surface area contributed by atoms with E-state index in [0.29, 0.717) is 0 Å². The maximum Gasteiger partial charge on any atom is 0.497 e. The quantitative estimate of drug-likeness (QED) is 0.875. The van der Waals surface area contributed by atoms with Gasteiger partial charge in [0.15, 0.2) is 0 Å². The van der Waals surface area contributed by atoms with E-state index in [2.05, 4.69) is 43.8 Å². The van der Waals surface area contributed by atoms with Gasteiger partial charge < -0.3 is 14.6 Å². The van der Waals surface area contributed by atoms with Gasteiger partial charge in [0.25, 0.3) is 0 Å². The van der Waals surface area contributed by atoms with Crippen molar-refractivity contribution < 1.29 is 9.31 Å². The van der Waals surface area contributed by atoms with E-state index in [-0.39, 0.29) is 18.3 Å². The Morgan fingerprint density at radius 1 is 0.952 bits per heavy atom. The summed E-state index contributed by atoms with van der Waals surface area (Å²) in [7, 11) is -0.326. The second kappa shape index (κ2) is 5.16. The molecule has 3 rings (SSSR count). The van der Waals surface area contributed by atoms with Crippen molar-refractivity contribution in [3.63, 3.8) is 0 Å². The predicted octanol–water partition coefficient (Wildman–Crippen LogP) is 3.79. The molecule has 21 heavy (non-hydrogen) atoms. The lowest BCUT2D eigenvalue weighted by atomic mass is 9.80. The molecular weight excluding hydrogens is 281 g/mol. The van der Waals surface area contributed by atoms with E-state index in [1.807, 2.05) is 30.3 Å². The third-order valence-electron chi connectivity index (χ3n) is 4.25. The van der Waals surface area contributed by atoms with E-state index in [1.54, 1.807) is 11.3 Å². The van der Waals surface area contributed by atoms with Crippen molar-refractivity contribution in [1.29, 1.82) is 0 Å². The minimum Gasteiger partial charge on any atom is -0.399 e. The summed E-state index contributed by atoms with van der Waals surface area (Å²) in [4.78, 5) is 0. The molecule has 5 heteroatoms. The molecule has 1 aliphatic heterocycles. The van der Waals surface area contributed by atoms with Crippen LogP contribution >= 0.6 is 11.3 Å². The summed E-state index contributed by atoms with van der Waals surface area (Å²) in [6.45, 7) is 8.29. The van der Waals surface area contributed by atoms with Crippen LogP contribution in [0.5, 0.6) is 0 Å². The third kappa shape index (κ3) is 2.73. The second-order valence-corrected chi connectivity index (χ2v) is 7.06. The number of thiophene rings is 1. The summed E-state index contributed by atoms with van der Waals surface area (Å²) in [5.41, 5.74) is 2.54. The van der Waals surface area contributed by atoms with Gasteiger partial charge in [-0.25, -0.2) is 0 Å². The van der Waals surface area contributed by atoms with Crippen LogP contribution in [0.25, 0.3) is 0 Å². The Hall–Kier alpha value is -1.30. The van der Waals surface area contributed by atoms with Crippen molar-refractivity contribution in [2.24, 2.45) is 0 Å². The summed E-state index contributed by atoms with van der Waals surface area (Å²) in [5, 5.41) is 7.62. The summed E-state index contributed by atoms with van der Waals surface area (Å²) >= 11 is 1.65. The molecule has 0 bridgehead atoms. The molecule has 1 aromatic heterocycles. The number of para-hydroxylation sites is 1. The molecule has 1 fully saturated rings. The third-order valence-corrected chi connectivity index (χ3v) is 5.01. The van der Waals surface area contributed by atoms with Gasteiger partial charge in [0.05, 0.1) is 11.2 Å². The number of anilines is 2. The Bertz CT molecular complexity index is 608. The molecule has 0 amide bonds. The molecule has 0 saturated carbocycles. The first-order valence-corrected chi connectivity index (χ1v) is 8.07. The zero-order valence-corrected chi connectivity index (χ0v) is 13.7. The highest BCUT2D eigenvalue weighted by molar-refractivity contribution is 7.10. The van der Waals surface area contributed by atoms with E-state index in [4.69, 9.17) is 9.31 Å². The lowest BCUT2D eigenvalue weighted by Crippen LogP contribution is -2.41. The molecule has 110 valence electrons. The normalized spacial score (nSPS) is 19.7. The standard InChI is InChI=1S/C16H20BNO2S/c1-15(2)16(3,4)20-17(19-15)13-10-21-11-14(13)18-12-8-6-5-7-9-12/h5-11,18H,1-4H3. The van der Waals surface area contributed by atoms with Crippen molar-refractivity contribution in [3.8, 4) is 0 Å². The van der Waals surface area contributed by atoms with E-state index in [9.17, 15) is 0 Å². The first kappa shape index (κ1) is 14.6. The number of rotatable bonds is 3. The molecule has 0 aliphatic carbocycles. The molecular formula is C16H20BNO2S. The predicted molar refractivity (Wildman–Crippen MR) is 89.8 cm³/mol. The highest BCUT2D eigenvalue weighted by Crippen LogP contribution is 2.37. The monoisotopic (exact) mass is 301 g/mol. The number of nitrogens with one attached hydrogen (secondary N) is 1. The maximum absolute atomic E-state index is 6.13. The first-order valence-electron chi connectivity index (χ1n) is 7.13. The van der Waals surface area contributed by atoms with E-state index in [1.165, 1.54) is 0 Å². The number of hydrogen-bond donors (Lipinski definition) is 1. The molecule has 0 unspecified atom stereocenters. The molecule has 3 nitrogen and oxygen atoms in total. The lowest BCUT2D eigenvalue weighted by Gasteiger charge is -2.32. The number of hydrogen-bond acceptors (Lipinski definition) is 4. The van der Waals surface area contributed by atoms with Crippen molar-refractivity contribution >= 4 is 35.3 Å². The molecule has 1 aliphatic rings. The Kier molecular flexibility index (Phi) is 3.60. The van der Waals surface area contributed by atoms with Crippen molar-refractivity contribution in [3.05, 3.63) is 41.1 Å². The van der Waals surface area contributed by atoms with Gasteiger partial charge in [-0.05, 0) is 45.2 Å². The van der Waals surface area contributed by atoms with Crippen molar-refractivity contribution in [2.45, 2.75) is 38.9 Å². The molecule has 2 aromatic rings. The molecule has 1 aromatic carbocycles. The topological polar surface area (TPSA) is 30.5 Å². The van der Waals surface area contributed by atoms with Crippen LogP contribution < -0.4 is 10.8 Å². The average Bonchev–Trinajstić information content (AvgIpc) is 2.94. The molecule has 2 heterocycles. The summed E-state index contributed by atoms with van der Waals surface area (Å²) in [5.74, 6) is 0. The van der Waals surface area contributed by atoms with Gasteiger partial charge in [-0.3, -0.25) is 0 Å². The van der Waals surface area contributed by atoms with Gasteiger partial charge in [-0.15, -0.1) is 0 Å². The van der Waals surface area contributed by atoms with E-state index < -0.39 is 0 Å². The summed E-state index contributed by atoms with van der Waals surface area (Å²) < 4.78 is 12.3. The Morgan fingerprint density at radius 3 is 2.19 bits per heavy atom. The maximum atomic E-state index is 6.13. The van der Waals surface area contributed by atoms with Crippen LogP contribution in [0.1, 0.15) is 27.7 Å². The van der Waals surface area contributed by atoms with Crippen LogP contribution in [0.15, 0.2) is 41.1 Å². The Labute approximate surface area is 130 Å². The van der Waals surface area contributed by atoms with Crippen LogP contribution in [0, 0.1) is 0 Å². The smallest absolute Gasteiger partial charge is 0.399 e. The van der Waals surface area contributed by atoms with Gasteiger partial charge in [-0.2, -0.15) is 11.3 Å². The van der Waals surface area contributed by atoms with Gasteiger partial charge in [0.1, 0.15) is 0 Å². The molecule has 1 N–H and O–H groups in total. The van der Waals surface area contributed by atoms with Crippen molar-refractivity contribution in [1.82, 2.24) is 0 Å². The van der Waals surface area contributed by atoms with Crippen LogP contribution in [0.2, 0.25) is 0 Å².